The standard InChI is InChI=1S/C19H30O2/c1-5-12-6-7-14-13(10-12)11-15(20)17-18(2,3)9-8-16(21)19(14,17)4/h5,10,12,14-17,20-21H,1,6-9,11H2,2-4H3/t12-,14-,15+,16-,17+,19+/m0/s1. The van der Waals surface area contributed by atoms with Crippen LogP contribution in [0.15, 0.2) is 24.3 Å². The Hall–Kier alpha value is -0.600. The quantitative estimate of drug-likeness (QED) is 0.723. The highest BCUT2D eigenvalue weighted by Crippen LogP contribution is 2.62. The van der Waals surface area contributed by atoms with E-state index in [1.807, 2.05) is 6.08 Å². The molecule has 2 fully saturated rings. The summed E-state index contributed by atoms with van der Waals surface area (Å²) in [7, 11) is 0. The first kappa shape index (κ1) is 15.3. The number of hydrogen-bond donors (Lipinski definition) is 2. The number of allylic oxidation sites excluding steroid dienone is 2. The van der Waals surface area contributed by atoms with Crippen LogP contribution < -0.4 is 0 Å². The van der Waals surface area contributed by atoms with E-state index < -0.39 is 0 Å². The lowest BCUT2D eigenvalue weighted by Crippen LogP contribution is -2.61. The molecule has 0 bridgehead atoms. The van der Waals surface area contributed by atoms with E-state index in [1.54, 1.807) is 0 Å². The number of fused-ring (bicyclic) bond motifs is 3. The fourth-order valence-corrected chi connectivity index (χ4v) is 5.89. The van der Waals surface area contributed by atoms with E-state index in [9.17, 15) is 10.2 Å². The van der Waals surface area contributed by atoms with Crippen molar-refractivity contribution in [3.05, 3.63) is 24.3 Å². The van der Waals surface area contributed by atoms with E-state index in [4.69, 9.17) is 0 Å². The predicted octanol–water partition coefficient (Wildman–Crippen LogP) is 3.69. The summed E-state index contributed by atoms with van der Waals surface area (Å²) in [6.07, 6.45) is 8.62. The van der Waals surface area contributed by atoms with Crippen LogP contribution in [-0.2, 0) is 0 Å². The zero-order valence-corrected chi connectivity index (χ0v) is 13.7. The van der Waals surface area contributed by atoms with Crippen LogP contribution in [0.2, 0.25) is 0 Å². The predicted molar refractivity (Wildman–Crippen MR) is 85.7 cm³/mol. The highest BCUT2D eigenvalue weighted by atomic mass is 16.3. The average molecular weight is 290 g/mol. The Morgan fingerprint density at radius 2 is 1.90 bits per heavy atom. The lowest BCUT2D eigenvalue weighted by molar-refractivity contribution is -0.180. The molecule has 3 rings (SSSR count). The molecule has 2 heteroatoms. The van der Waals surface area contributed by atoms with Crippen molar-refractivity contribution in [2.24, 2.45) is 28.6 Å². The smallest absolute Gasteiger partial charge is 0.0617 e. The highest BCUT2D eigenvalue weighted by Gasteiger charge is 2.60. The first-order valence-electron chi connectivity index (χ1n) is 8.50. The number of hydrogen-bond acceptors (Lipinski definition) is 2. The van der Waals surface area contributed by atoms with E-state index in [2.05, 4.69) is 33.4 Å². The summed E-state index contributed by atoms with van der Waals surface area (Å²) in [5.74, 6) is 1.06. The maximum Gasteiger partial charge on any atom is 0.0617 e. The van der Waals surface area contributed by atoms with E-state index in [0.717, 1.165) is 32.1 Å². The molecule has 3 aliphatic carbocycles. The normalized spacial score (nSPS) is 48.8. The van der Waals surface area contributed by atoms with Crippen molar-refractivity contribution >= 4 is 0 Å². The highest BCUT2D eigenvalue weighted by molar-refractivity contribution is 5.26. The Morgan fingerprint density at radius 1 is 1.19 bits per heavy atom. The van der Waals surface area contributed by atoms with Crippen molar-refractivity contribution < 1.29 is 10.2 Å². The lowest BCUT2D eigenvalue weighted by atomic mass is 9.44. The minimum atomic E-state index is -0.328. The summed E-state index contributed by atoms with van der Waals surface area (Å²) in [6, 6.07) is 0. The Balaban J connectivity index is 2.05. The van der Waals surface area contributed by atoms with Gasteiger partial charge in [-0.05, 0) is 55.3 Å². The molecule has 3 aliphatic rings. The molecule has 0 heterocycles. The number of aliphatic hydroxyl groups is 2. The van der Waals surface area contributed by atoms with Gasteiger partial charge in [0.05, 0.1) is 12.2 Å². The second-order valence-electron chi connectivity index (χ2n) is 8.43. The van der Waals surface area contributed by atoms with Crippen molar-refractivity contribution in [1.82, 2.24) is 0 Å². The molecule has 0 spiro atoms. The van der Waals surface area contributed by atoms with Gasteiger partial charge in [-0.25, -0.2) is 0 Å². The van der Waals surface area contributed by atoms with Gasteiger partial charge in [0.2, 0.25) is 0 Å². The van der Waals surface area contributed by atoms with Gasteiger partial charge < -0.3 is 10.2 Å². The topological polar surface area (TPSA) is 40.5 Å². The van der Waals surface area contributed by atoms with Crippen molar-refractivity contribution in [1.29, 1.82) is 0 Å². The van der Waals surface area contributed by atoms with Gasteiger partial charge in [-0.1, -0.05) is 38.5 Å². The molecule has 0 aromatic rings. The summed E-state index contributed by atoms with van der Waals surface area (Å²) in [6.45, 7) is 10.7. The van der Waals surface area contributed by atoms with Crippen LogP contribution in [0, 0.1) is 28.6 Å². The van der Waals surface area contributed by atoms with Crippen LogP contribution in [0.4, 0.5) is 0 Å². The molecule has 0 radical (unpaired) electrons. The zero-order chi connectivity index (χ0) is 15.4. The van der Waals surface area contributed by atoms with Gasteiger partial charge in [0.1, 0.15) is 0 Å². The van der Waals surface area contributed by atoms with Crippen LogP contribution in [0.3, 0.4) is 0 Å². The van der Waals surface area contributed by atoms with Crippen LogP contribution in [0.1, 0.15) is 52.9 Å². The summed E-state index contributed by atoms with van der Waals surface area (Å²) in [5.41, 5.74) is 1.29. The molecule has 0 aromatic heterocycles. The van der Waals surface area contributed by atoms with Crippen molar-refractivity contribution in [3.63, 3.8) is 0 Å². The summed E-state index contributed by atoms with van der Waals surface area (Å²) < 4.78 is 0. The van der Waals surface area contributed by atoms with Gasteiger partial charge >= 0.3 is 0 Å². The van der Waals surface area contributed by atoms with Crippen LogP contribution >= 0.6 is 0 Å². The van der Waals surface area contributed by atoms with Gasteiger partial charge in [0.25, 0.3) is 0 Å². The lowest BCUT2D eigenvalue weighted by Gasteiger charge is -2.62. The molecule has 0 unspecified atom stereocenters. The Morgan fingerprint density at radius 3 is 2.57 bits per heavy atom. The Kier molecular flexibility index (Phi) is 3.61. The van der Waals surface area contributed by atoms with Gasteiger partial charge in [-0.2, -0.15) is 0 Å². The van der Waals surface area contributed by atoms with Gasteiger partial charge in [-0.15, -0.1) is 6.58 Å². The fraction of sp³-hybridized carbons (Fsp3) is 0.789. The summed E-state index contributed by atoms with van der Waals surface area (Å²) >= 11 is 0. The second-order valence-corrected chi connectivity index (χ2v) is 8.43. The minimum absolute atomic E-state index is 0.105. The Bertz CT molecular complexity index is 464. The summed E-state index contributed by atoms with van der Waals surface area (Å²) in [4.78, 5) is 0. The van der Waals surface area contributed by atoms with E-state index in [-0.39, 0.29) is 29.0 Å². The van der Waals surface area contributed by atoms with Gasteiger partial charge in [0.15, 0.2) is 0 Å². The number of rotatable bonds is 1. The first-order valence-corrected chi connectivity index (χ1v) is 8.50. The van der Waals surface area contributed by atoms with Gasteiger partial charge in [0, 0.05) is 5.41 Å². The molecule has 21 heavy (non-hydrogen) atoms. The van der Waals surface area contributed by atoms with Crippen molar-refractivity contribution in [3.8, 4) is 0 Å². The monoisotopic (exact) mass is 290 g/mol. The molecule has 0 aromatic carbocycles. The molecule has 2 N–H and O–H groups in total. The molecular weight excluding hydrogens is 260 g/mol. The molecule has 0 aliphatic heterocycles. The third-order valence-corrected chi connectivity index (χ3v) is 6.84. The second kappa shape index (κ2) is 4.96. The van der Waals surface area contributed by atoms with Gasteiger partial charge in [-0.3, -0.25) is 0 Å². The SMILES string of the molecule is C=C[C@@H]1C=C2C[C@@H](O)[C@@H]3C(C)(C)CC[C@H](O)[C@@]3(C)[C@H]2CC1. The molecular formula is C19H30O2. The van der Waals surface area contributed by atoms with E-state index in [1.165, 1.54) is 5.57 Å². The molecule has 6 atom stereocenters. The van der Waals surface area contributed by atoms with Crippen molar-refractivity contribution in [2.75, 3.05) is 0 Å². The number of aliphatic hydroxyl groups excluding tert-OH is 2. The maximum absolute atomic E-state index is 10.8. The molecule has 0 saturated heterocycles. The molecule has 2 saturated carbocycles. The first-order chi connectivity index (χ1) is 9.80. The van der Waals surface area contributed by atoms with E-state index in [0.29, 0.717) is 11.8 Å². The maximum atomic E-state index is 10.8. The summed E-state index contributed by atoms with van der Waals surface area (Å²) in [5, 5.41) is 21.7. The molecule has 0 amide bonds. The third kappa shape index (κ3) is 2.14. The zero-order valence-electron chi connectivity index (χ0n) is 13.7. The third-order valence-electron chi connectivity index (χ3n) is 6.84. The van der Waals surface area contributed by atoms with Crippen LogP contribution in [0.5, 0.6) is 0 Å². The van der Waals surface area contributed by atoms with Crippen molar-refractivity contribution in [2.45, 2.75) is 65.1 Å². The molecule has 2 nitrogen and oxygen atoms in total. The Labute approximate surface area is 128 Å². The van der Waals surface area contributed by atoms with E-state index >= 15 is 0 Å². The molecule has 118 valence electrons. The van der Waals surface area contributed by atoms with Crippen LogP contribution in [0.25, 0.3) is 0 Å². The van der Waals surface area contributed by atoms with Crippen LogP contribution in [-0.4, -0.2) is 22.4 Å². The fourth-order valence-electron chi connectivity index (χ4n) is 5.89. The minimum Gasteiger partial charge on any atom is -0.393 e. The average Bonchev–Trinajstić information content (AvgIpc) is 2.42. The largest absolute Gasteiger partial charge is 0.393 e.